The fourth-order valence-electron chi connectivity index (χ4n) is 1.99. The molecule has 8 heteroatoms. The Bertz CT molecular complexity index is 662. The Balaban J connectivity index is 0.00000312. The minimum absolute atomic E-state index is 0. The number of halogens is 2. The van der Waals surface area contributed by atoms with Gasteiger partial charge in [-0.2, -0.15) is 0 Å². The van der Waals surface area contributed by atoms with E-state index in [2.05, 4.69) is 32.4 Å². The Morgan fingerprint density at radius 1 is 1.20 bits per heavy atom. The average molecular weight is 476 g/mol. The number of nitrogens with one attached hydrogen (secondary N) is 3. The Hall–Kier alpha value is -1.68. The molecule has 25 heavy (non-hydrogen) atoms. The molecule has 1 amide bonds. The summed E-state index contributed by atoms with van der Waals surface area (Å²) in [6, 6.07) is 9.75. The molecule has 1 aromatic carbocycles. The van der Waals surface area contributed by atoms with Crippen LogP contribution in [0.5, 0.6) is 0 Å². The molecule has 0 saturated heterocycles. The first-order valence-corrected chi connectivity index (χ1v) is 8.65. The maximum Gasteiger partial charge on any atom is 0.246 e. The number of thiophene rings is 1. The fourth-order valence-corrected chi connectivity index (χ4v) is 2.69. The van der Waals surface area contributed by atoms with Gasteiger partial charge in [-0.05, 0) is 49.1 Å². The largest absolute Gasteiger partial charge is 0.357 e. The summed E-state index contributed by atoms with van der Waals surface area (Å²) >= 11 is 1.72. The number of guanidine groups is 1. The van der Waals surface area contributed by atoms with Crippen molar-refractivity contribution < 1.29 is 9.18 Å². The zero-order valence-electron chi connectivity index (χ0n) is 13.9. The molecule has 2 rings (SSSR count). The molecule has 3 N–H and O–H groups in total. The SMILES string of the molecule is CCNC(=NCC(=O)Nc1ccc(F)cc1)NCCc1cccs1.I. The summed E-state index contributed by atoms with van der Waals surface area (Å²) in [7, 11) is 0. The number of hydrogen-bond acceptors (Lipinski definition) is 3. The monoisotopic (exact) mass is 476 g/mol. The lowest BCUT2D eigenvalue weighted by atomic mass is 10.3. The predicted molar refractivity (Wildman–Crippen MR) is 112 cm³/mol. The fraction of sp³-hybridized carbons (Fsp3) is 0.294. The van der Waals surface area contributed by atoms with Crippen molar-refractivity contribution in [3.63, 3.8) is 0 Å². The van der Waals surface area contributed by atoms with Crippen LogP contribution in [0.3, 0.4) is 0 Å². The van der Waals surface area contributed by atoms with Crippen molar-refractivity contribution in [1.29, 1.82) is 0 Å². The zero-order chi connectivity index (χ0) is 17.2. The summed E-state index contributed by atoms with van der Waals surface area (Å²) in [5.74, 6) is 0.00997. The highest BCUT2D eigenvalue weighted by Gasteiger charge is 2.03. The molecule has 0 aliphatic heterocycles. The van der Waals surface area contributed by atoms with Gasteiger partial charge < -0.3 is 16.0 Å². The van der Waals surface area contributed by atoms with Gasteiger partial charge in [0.15, 0.2) is 5.96 Å². The Morgan fingerprint density at radius 2 is 1.96 bits per heavy atom. The van der Waals surface area contributed by atoms with Crippen molar-refractivity contribution in [2.45, 2.75) is 13.3 Å². The highest BCUT2D eigenvalue weighted by atomic mass is 127. The number of nitrogens with zero attached hydrogens (tertiary/aromatic N) is 1. The van der Waals surface area contributed by atoms with E-state index in [1.54, 1.807) is 11.3 Å². The molecule has 0 bridgehead atoms. The van der Waals surface area contributed by atoms with Crippen LogP contribution < -0.4 is 16.0 Å². The molecule has 2 aromatic rings. The molecule has 0 atom stereocenters. The molecule has 1 aromatic heterocycles. The van der Waals surface area contributed by atoms with Crippen molar-refractivity contribution in [2.75, 3.05) is 25.0 Å². The summed E-state index contributed by atoms with van der Waals surface area (Å²) in [6.45, 7) is 3.41. The standard InChI is InChI=1S/C17H21FN4OS.HI/c1-2-19-17(20-10-9-15-4-3-11-24-15)21-12-16(23)22-14-7-5-13(18)6-8-14;/h3-8,11H,2,9-10,12H2,1H3,(H,22,23)(H2,19,20,21);1H. The lowest BCUT2D eigenvalue weighted by Gasteiger charge is -2.11. The van der Waals surface area contributed by atoms with Crippen LogP contribution in [-0.2, 0) is 11.2 Å². The number of carbonyl (C=O) groups excluding carboxylic acids is 1. The number of carbonyl (C=O) groups is 1. The molecule has 1 heterocycles. The first kappa shape index (κ1) is 21.4. The first-order chi connectivity index (χ1) is 11.7. The normalized spacial score (nSPS) is 10.7. The maximum atomic E-state index is 12.8. The molecule has 5 nitrogen and oxygen atoms in total. The molecule has 0 saturated carbocycles. The number of amides is 1. The second-order valence-electron chi connectivity index (χ2n) is 5.01. The van der Waals surface area contributed by atoms with Gasteiger partial charge in [-0.3, -0.25) is 4.79 Å². The van der Waals surface area contributed by atoms with Crippen LogP contribution in [0.15, 0.2) is 46.8 Å². The van der Waals surface area contributed by atoms with Crippen LogP contribution >= 0.6 is 35.3 Å². The zero-order valence-corrected chi connectivity index (χ0v) is 17.1. The van der Waals surface area contributed by atoms with Crippen LogP contribution in [0.2, 0.25) is 0 Å². The van der Waals surface area contributed by atoms with E-state index in [0.717, 1.165) is 13.0 Å². The lowest BCUT2D eigenvalue weighted by molar-refractivity contribution is -0.114. The van der Waals surface area contributed by atoms with Crippen molar-refractivity contribution in [1.82, 2.24) is 10.6 Å². The van der Waals surface area contributed by atoms with Crippen LogP contribution in [-0.4, -0.2) is 31.5 Å². The lowest BCUT2D eigenvalue weighted by Crippen LogP contribution is -2.39. The quantitative estimate of drug-likeness (QED) is 0.327. The van der Waals surface area contributed by atoms with Crippen molar-refractivity contribution in [3.8, 4) is 0 Å². The minimum atomic E-state index is -0.338. The van der Waals surface area contributed by atoms with Gasteiger partial charge >= 0.3 is 0 Å². The van der Waals surface area contributed by atoms with E-state index in [1.165, 1.54) is 29.1 Å². The number of rotatable bonds is 7. The molecular formula is C17H22FIN4OS. The highest BCUT2D eigenvalue weighted by molar-refractivity contribution is 14.0. The maximum absolute atomic E-state index is 12.8. The second-order valence-corrected chi connectivity index (χ2v) is 6.04. The molecule has 0 fully saturated rings. The van der Waals surface area contributed by atoms with E-state index in [4.69, 9.17) is 0 Å². The molecule has 0 aliphatic carbocycles. The minimum Gasteiger partial charge on any atom is -0.357 e. The van der Waals surface area contributed by atoms with Gasteiger partial charge in [0.05, 0.1) is 0 Å². The first-order valence-electron chi connectivity index (χ1n) is 7.77. The van der Waals surface area contributed by atoms with E-state index >= 15 is 0 Å². The molecular weight excluding hydrogens is 454 g/mol. The van der Waals surface area contributed by atoms with Crippen LogP contribution in [0, 0.1) is 5.82 Å². The summed E-state index contributed by atoms with van der Waals surface area (Å²) in [5, 5.41) is 11.0. The summed E-state index contributed by atoms with van der Waals surface area (Å²) < 4.78 is 12.8. The number of anilines is 1. The topological polar surface area (TPSA) is 65.5 Å². The van der Waals surface area contributed by atoms with E-state index in [0.29, 0.717) is 18.2 Å². The van der Waals surface area contributed by atoms with Gasteiger partial charge in [-0.1, -0.05) is 6.07 Å². The Labute approximate surface area is 168 Å². The summed E-state index contributed by atoms with van der Waals surface area (Å²) in [6.07, 6.45) is 0.907. The van der Waals surface area contributed by atoms with Crippen molar-refractivity contribution >= 4 is 52.9 Å². The predicted octanol–water partition coefficient (Wildman–Crippen LogP) is 3.24. The van der Waals surface area contributed by atoms with Gasteiger partial charge in [0.2, 0.25) is 5.91 Å². The third-order valence-corrected chi connectivity index (χ3v) is 4.03. The smallest absolute Gasteiger partial charge is 0.246 e. The number of benzene rings is 1. The molecule has 136 valence electrons. The average Bonchev–Trinajstić information content (AvgIpc) is 3.08. The molecule has 0 aliphatic rings. The third-order valence-electron chi connectivity index (χ3n) is 3.10. The van der Waals surface area contributed by atoms with Gasteiger partial charge in [0.25, 0.3) is 0 Å². The van der Waals surface area contributed by atoms with E-state index in [9.17, 15) is 9.18 Å². The van der Waals surface area contributed by atoms with Gasteiger partial charge in [0, 0.05) is 23.7 Å². The van der Waals surface area contributed by atoms with Crippen molar-refractivity contribution in [2.24, 2.45) is 4.99 Å². The van der Waals surface area contributed by atoms with E-state index in [1.807, 2.05) is 13.0 Å². The highest BCUT2D eigenvalue weighted by Crippen LogP contribution is 2.08. The van der Waals surface area contributed by atoms with Crippen LogP contribution in [0.4, 0.5) is 10.1 Å². The number of hydrogen-bond donors (Lipinski definition) is 3. The van der Waals surface area contributed by atoms with Crippen LogP contribution in [0.25, 0.3) is 0 Å². The van der Waals surface area contributed by atoms with Crippen molar-refractivity contribution in [3.05, 3.63) is 52.5 Å². The summed E-state index contributed by atoms with van der Waals surface area (Å²) in [5.41, 5.74) is 0.548. The second kappa shape index (κ2) is 11.8. The van der Waals surface area contributed by atoms with Gasteiger partial charge in [0.1, 0.15) is 12.4 Å². The number of aliphatic imine (C=N–C) groups is 1. The Morgan fingerprint density at radius 3 is 2.60 bits per heavy atom. The Kier molecular flexibility index (Phi) is 10.1. The third kappa shape index (κ3) is 8.30. The molecule has 0 unspecified atom stereocenters. The molecule has 0 radical (unpaired) electrons. The van der Waals surface area contributed by atoms with E-state index in [-0.39, 0.29) is 42.2 Å². The summed E-state index contributed by atoms with van der Waals surface area (Å²) in [4.78, 5) is 17.5. The van der Waals surface area contributed by atoms with Crippen LogP contribution in [0.1, 0.15) is 11.8 Å². The van der Waals surface area contributed by atoms with Gasteiger partial charge in [-0.25, -0.2) is 9.38 Å². The van der Waals surface area contributed by atoms with E-state index < -0.39 is 0 Å². The molecule has 0 spiro atoms. The van der Waals surface area contributed by atoms with Gasteiger partial charge in [-0.15, -0.1) is 35.3 Å².